The van der Waals surface area contributed by atoms with Gasteiger partial charge in [0.25, 0.3) is 0 Å². The lowest BCUT2D eigenvalue weighted by Gasteiger charge is -2.20. The zero-order chi connectivity index (χ0) is 33.1. The summed E-state index contributed by atoms with van der Waals surface area (Å²) in [5.41, 5.74) is 13.2. The van der Waals surface area contributed by atoms with Crippen molar-refractivity contribution >= 4 is 35.5 Å². The number of fused-ring (bicyclic) bond motifs is 1. The second-order valence-electron chi connectivity index (χ2n) is 13.7. The quantitative estimate of drug-likeness (QED) is 0.0818. The molecule has 2 nitrogen and oxygen atoms in total. The molecule has 0 spiro atoms. The molecule has 4 rings (SSSR count). The molecule has 4 aromatic carbocycles. The van der Waals surface area contributed by atoms with Crippen LogP contribution in [0.15, 0.2) is 60.7 Å². The predicted octanol–water partition coefficient (Wildman–Crippen LogP) is 10.8. The van der Waals surface area contributed by atoms with Crippen LogP contribution < -0.4 is 10.9 Å². The van der Waals surface area contributed by atoms with E-state index in [1.807, 2.05) is 0 Å². The summed E-state index contributed by atoms with van der Waals surface area (Å²) in [6.45, 7) is 19.4. The van der Waals surface area contributed by atoms with Gasteiger partial charge in [-0.3, -0.25) is 0 Å². The molecule has 0 aromatic heterocycles. The third-order valence-electron chi connectivity index (χ3n) is 9.22. The Hall–Kier alpha value is -2.81. The lowest BCUT2D eigenvalue weighted by molar-refractivity contribution is 0.225. The van der Waals surface area contributed by atoms with Gasteiger partial charge in [0.15, 0.2) is 6.71 Å². The molecule has 244 valence electrons. The minimum Gasteiger partial charge on any atom is -0.408 e. The average Bonchev–Trinajstić information content (AvgIpc) is 3.03. The Morgan fingerprint density at radius 3 is 1.39 bits per heavy atom. The maximum atomic E-state index is 6.22. The van der Waals surface area contributed by atoms with Crippen LogP contribution in [0.1, 0.15) is 101 Å². The monoisotopic (exact) mass is 616 g/mol. The van der Waals surface area contributed by atoms with Gasteiger partial charge >= 0.3 is 7.12 Å². The number of hydrogen-bond donors (Lipinski definition) is 0. The molecule has 0 aliphatic rings. The van der Waals surface area contributed by atoms with E-state index in [9.17, 15) is 0 Å². The molecule has 0 fully saturated rings. The van der Waals surface area contributed by atoms with Gasteiger partial charge in [0.1, 0.15) is 0 Å². The molecule has 4 heteroatoms. The number of rotatable bonds is 18. The Morgan fingerprint density at radius 1 is 0.500 bits per heavy atom. The van der Waals surface area contributed by atoms with Crippen LogP contribution in [0.4, 0.5) is 0 Å². The van der Waals surface area contributed by atoms with Crippen LogP contribution in [-0.4, -0.2) is 27.0 Å². The first kappa shape index (κ1) is 36.0. The highest BCUT2D eigenvalue weighted by atomic mass is 16.6. The molecule has 46 heavy (non-hydrogen) atoms. The van der Waals surface area contributed by atoms with E-state index in [1.165, 1.54) is 112 Å². The van der Waals surface area contributed by atoms with Gasteiger partial charge in [0.05, 0.1) is 0 Å². The van der Waals surface area contributed by atoms with E-state index in [2.05, 4.69) is 116 Å². The summed E-state index contributed by atoms with van der Waals surface area (Å²) in [6.07, 6.45) is 12.5. The van der Waals surface area contributed by atoms with Gasteiger partial charge in [0.2, 0.25) is 0 Å². The van der Waals surface area contributed by atoms with Crippen molar-refractivity contribution in [3.05, 3.63) is 82.9 Å². The summed E-state index contributed by atoms with van der Waals surface area (Å²) in [7, 11) is -0.402. The van der Waals surface area contributed by atoms with Crippen LogP contribution in [0.25, 0.3) is 33.0 Å². The fourth-order valence-electron chi connectivity index (χ4n) is 6.83. The molecule has 0 radical (unpaired) electrons. The van der Waals surface area contributed by atoms with E-state index in [0.717, 1.165) is 18.3 Å². The Labute approximate surface area is 281 Å². The molecule has 0 atom stereocenters. The Kier molecular flexibility index (Phi) is 14.0. The van der Waals surface area contributed by atoms with Crippen molar-refractivity contribution in [3.8, 4) is 22.3 Å². The topological polar surface area (TPSA) is 18.5 Å². The van der Waals surface area contributed by atoms with E-state index in [1.54, 1.807) is 0 Å². The summed E-state index contributed by atoms with van der Waals surface area (Å²) >= 11 is 0. The Morgan fingerprint density at radius 2 is 0.957 bits per heavy atom. The van der Waals surface area contributed by atoms with Crippen molar-refractivity contribution in [1.29, 1.82) is 0 Å². The number of aryl methyl sites for hydroxylation is 4. The first-order valence-corrected chi connectivity index (χ1v) is 18.3. The molecule has 0 aliphatic carbocycles. The van der Waals surface area contributed by atoms with Crippen molar-refractivity contribution < 1.29 is 9.31 Å². The van der Waals surface area contributed by atoms with Crippen LogP contribution in [0.3, 0.4) is 0 Å². The highest BCUT2D eigenvalue weighted by Gasteiger charge is 2.24. The first-order chi connectivity index (χ1) is 22.3. The van der Waals surface area contributed by atoms with E-state index in [-0.39, 0.29) is 0 Å². The SMILES string of the molecule is CCCCCCc1cc(C)cc(-c2cc(B(OCC)OCC)cc3c(-c4cc(C)cc(CCCCCC)c4)cc(B(C)C)cc23)c1. The smallest absolute Gasteiger partial charge is 0.408 e. The number of benzene rings is 4. The molecule has 0 N–H and O–H groups in total. The summed E-state index contributed by atoms with van der Waals surface area (Å²) in [5, 5.41) is 2.58. The number of hydrogen-bond acceptors (Lipinski definition) is 2. The fourth-order valence-corrected chi connectivity index (χ4v) is 6.83. The number of unbranched alkanes of at least 4 members (excludes halogenated alkanes) is 6. The third-order valence-corrected chi connectivity index (χ3v) is 9.22. The van der Waals surface area contributed by atoms with Crippen LogP contribution in [-0.2, 0) is 22.2 Å². The molecular weight excluding hydrogens is 558 g/mol. The van der Waals surface area contributed by atoms with E-state index in [4.69, 9.17) is 9.31 Å². The zero-order valence-corrected chi connectivity index (χ0v) is 30.2. The normalized spacial score (nSPS) is 11.4. The predicted molar refractivity (Wildman–Crippen MR) is 206 cm³/mol. The lowest BCUT2D eigenvalue weighted by Crippen LogP contribution is -2.37. The van der Waals surface area contributed by atoms with E-state index in [0.29, 0.717) is 19.9 Å². The molecule has 0 heterocycles. The van der Waals surface area contributed by atoms with E-state index < -0.39 is 7.12 Å². The van der Waals surface area contributed by atoms with Gasteiger partial charge in [-0.25, -0.2) is 0 Å². The molecule has 0 saturated heterocycles. The van der Waals surface area contributed by atoms with Gasteiger partial charge in [-0.1, -0.05) is 143 Å². The maximum Gasteiger partial charge on any atom is 0.493 e. The fraction of sp³-hybridized carbons (Fsp3) is 0.476. The molecule has 0 unspecified atom stereocenters. The zero-order valence-electron chi connectivity index (χ0n) is 30.2. The summed E-state index contributed by atoms with van der Waals surface area (Å²) in [5.74, 6) is 0. The van der Waals surface area contributed by atoms with Crippen molar-refractivity contribution in [2.45, 2.75) is 119 Å². The molecule has 0 amide bonds. The van der Waals surface area contributed by atoms with Crippen LogP contribution in [0.2, 0.25) is 13.6 Å². The standard InChI is InChI=1S/C42H58B2O2/c1-9-13-15-17-19-33-21-31(5)23-35(25-33)39-27-37(43(7)8)28-41-40(29-38(30-42(39)41)44(45-11-3)46-12-4)36-24-32(6)22-34(26-36)20-18-16-14-10-2/h21-30H,9-20H2,1-8H3. The molecule has 4 aromatic rings. The van der Waals surface area contributed by atoms with Crippen molar-refractivity contribution in [2.24, 2.45) is 0 Å². The minimum absolute atomic E-state index is 0.402. The van der Waals surface area contributed by atoms with Gasteiger partial charge in [-0.2, -0.15) is 0 Å². The van der Waals surface area contributed by atoms with Crippen molar-refractivity contribution in [2.75, 3.05) is 13.2 Å². The second-order valence-corrected chi connectivity index (χ2v) is 13.7. The Balaban J connectivity index is 1.97. The molecular formula is C42H58B2O2. The van der Waals surface area contributed by atoms with Crippen LogP contribution in [0.5, 0.6) is 0 Å². The van der Waals surface area contributed by atoms with Gasteiger partial charge in [-0.15, -0.1) is 0 Å². The van der Waals surface area contributed by atoms with E-state index >= 15 is 0 Å². The Bertz CT molecular complexity index is 1550. The summed E-state index contributed by atoms with van der Waals surface area (Å²) in [4.78, 5) is 0. The van der Waals surface area contributed by atoms with Crippen molar-refractivity contribution in [3.63, 3.8) is 0 Å². The van der Waals surface area contributed by atoms with Gasteiger partial charge < -0.3 is 9.31 Å². The molecule has 0 bridgehead atoms. The molecule has 0 aliphatic heterocycles. The average molecular weight is 617 g/mol. The first-order valence-electron chi connectivity index (χ1n) is 18.3. The van der Waals surface area contributed by atoms with Crippen LogP contribution >= 0.6 is 0 Å². The highest BCUT2D eigenvalue weighted by Crippen LogP contribution is 2.36. The molecule has 0 saturated carbocycles. The summed E-state index contributed by atoms with van der Waals surface area (Å²) in [6, 6.07) is 24.0. The second kappa shape index (κ2) is 17.9. The highest BCUT2D eigenvalue weighted by molar-refractivity contribution is 6.71. The third kappa shape index (κ3) is 9.61. The largest absolute Gasteiger partial charge is 0.493 e. The minimum atomic E-state index is -0.402. The van der Waals surface area contributed by atoms with Crippen molar-refractivity contribution in [1.82, 2.24) is 0 Å². The van der Waals surface area contributed by atoms with Gasteiger partial charge in [-0.05, 0) is 103 Å². The maximum absolute atomic E-state index is 6.22. The lowest BCUT2D eigenvalue weighted by atomic mass is 9.49. The summed E-state index contributed by atoms with van der Waals surface area (Å²) < 4.78 is 12.4. The van der Waals surface area contributed by atoms with Gasteiger partial charge in [0, 0.05) is 13.2 Å². The van der Waals surface area contributed by atoms with Crippen LogP contribution in [0, 0.1) is 13.8 Å².